The zero-order valence-electron chi connectivity index (χ0n) is 16.3. The molecule has 1 aromatic carbocycles. The van der Waals surface area contributed by atoms with E-state index in [4.69, 9.17) is 4.42 Å². The molecule has 0 unspecified atom stereocenters. The molecule has 1 spiro atoms. The van der Waals surface area contributed by atoms with Gasteiger partial charge in [0.2, 0.25) is 11.8 Å². The van der Waals surface area contributed by atoms with Crippen molar-refractivity contribution in [2.45, 2.75) is 57.5 Å². The van der Waals surface area contributed by atoms with Crippen LogP contribution in [0.15, 0.2) is 34.7 Å². The third kappa shape index (κ3) is 3.81. The molecule has 0 bridgehead atoms. The van der Waals surface area contributed by atoms with Gasteiger partial charge in [-0.05, 0) is 62.1 Å². The summed E-state index contributed by atoms with van der Waals surface area (Å²) in [4.78, 5) is 5.31. The van der Waals surface area contributed by atoms with Gasteiger partial charge >= 0.3 is 0 Å². The molecule has 5 rings (SSSR count). The Kier molecular flexibility index (Phi) is 4.52. The molecule has 2 aromatic rings. The number of aromatic nitrogens is 2. The van der Waals surface area contributed by atoms with E-state index in [-0.39, 0.29) is 0 Å². The van der Waals surface area contributed by atoms with Gasteiger partial charge in [-0.1, -0.05) is 30.3 Å². The lowest BCUT2D eigenvalue weighted by Gasteiger charge is -2.50. The smallest absolute Gasteiger partial charge is 0.230 e. The fraction of sp³-hybridized carbons (Fsp3) is 0.636. The van der Waals surface area contributed by atoms with Gasteiger partial charge in [0, 0.05) is 26.1 Å². The molecule has 1 atom stereocenters. The van der Waals surface area contributed by atoms with Crippen LogP contribution in [0.4, 0.5) is 0 Å². The van der Waals surface area contributed by atoms with E-state index in [1.54, 1.807) is 0 Å². The highest BCUT2D eigenvalue weighted by Gasteiger charge is 2.45. The molecule has 3 fully saturated rings. The van der Waals surface area contributed by atoms with Crippen molar-refractivity contribution >= 4 is 0 Å². The van der Waals surface area contributed by atoms with Crippen LogP contribution in [-0.2, 0) is 6.54 Å². The number of piperidine rings is 2. The SMILES string of the molecule is Cc1nnc(CN2CCC3(CC2)C[C@H](c2ccccc2)CN(C2CC2)C3)o1. The summed E-state index contributed by atoms with van der Waals surface area (Å²) in [6, 6.07) is 12.1. The average molecular weight is 367 g/mol. The lowest BCUT2D eigenvalue weighted by Crippen LogP contribution is -2.52. The minimum atomic E-state index is 0.475. The van der Waals surface area contributed by atoms with Gasteiger partial charge in [0.05, 0.1) is 6.54 Å². The Morgan fingerprint density at radius 2 is 1.89 bits per heavy atom. The molecular weight excluding hydrogens is 336 g/mol. The highest BCUT2D eigenvalue weighted by atomic mass is 16.4. The van der Waals surface area contributed by atoms with E-state index in [1.165, 1.54) is 50.8 Å². The Morgan fingerprint density at radius 3 is 2.56 bits per heavy atom. The third-order valence-corrected chi connectivity index (χ3v) is 6.85. The predicted octanol–water partition coefficient (Wildman–Crippen LogP) is 3.61. The Bertz CT molecular complexity index is 762. The van der Waals surface area contributed by atoms with E-state index in [9.17, 15) is 0 Å². The second-order valence-electron chi connectivity index (χ2n) is 8.96. The van der Waals surface area contributed by atoms with Crippen molar-refractivity contribution in [2.24, 2.45) is 5.41 Å². The second-order valence-corrected chi connectivity index (χ2v) is 8.96. The van der Waals surface area contributed by atoms with Crippen molar-refractivity contribution in [1.29, 1.82) is 0 Å². The number of aryl methyl sites for hydroxylation is 1. The van der Waals surface area contributed by atoms with Crippen molar-refractivity contribution in [3.63, 3.8) is 0 Å². The van der Waals surface area contributed by atoms with E-state index in [2.05, 4.69) is 50.3 Å². The van der Waals surface area contributed by atoms with Crippen LogP contribution >= 0.6 is 0 Å². The first-order chi connectivity index (χ1) is 13.2. The van der Waals surface area contributed by atoms with Gasteiger partial charge in [0.15, 0.2) is 0 Å². The zero-order valence-corrected chi connectivity index (χ0v) is 16.3. The van der Waals surface area contributed by atoms with Crippen LogP contribution in [0.5, 0.6) is 0 Å². The summed E-state index contributed by atoms with van der Waals surface area (Å²) in [5, 5.41) is 8.14. The van der Waals surface area contributed by atoms with Crippen LogP contribution in [0.1, 0.15) is 55.4 Å². The molecule has 27 heavy (non-hydrogen) atoms. The van der Waals surface area contributed by atoms with Crippen molar-refractivity contribution in [3.8, 4) is 0 Å². The first kappa shape index (κ1) is 17.4. The molecule has 0 N–H and O–H groups in total. The monoisotopic (exact) mass is 366 g/mol. The molecule has 1 aliphatic carbocycles. The van der Waals surface area contributed by atoms with Crippen molar-refractivity contribution < 1.29 is 4.42 Å². The molecule has 5 nitrogen and oxygen atoms in total. The van der Waals surface area contributed by atoms with Crippen LogP contribution in [0.3, 0.4) is 0 Å². The van der Waals surface area contributed by atoms with Gasteiger partial charge in [-0.2, -0.15) is 0 Å². The third-order valence-electron chi connectivity index (χ3n) is 6.85. The summed E-state index contributed by atoms with van der Waals surface area (Å²) in [7, 11) is 0. The van der Waals surface area contributed by atoms with Crippen LogP contribution in [0.2, 0.25) is 0 Å². The molecule has 144 valence electrons. The predicted molar refractivity (Wildman–Crippen MR) is 104 cm³/mol. The van der Waals surface area contributed by atoms with Crippen molar-refractivity contribution in [2.75, 3.05) is 26.2 Å². The summed E-state index contributed by atoms with van der Waals surface area (Å²) in [5.74, 6) is 2.11. The summed E-state index contributed by atoms with van der Waals surface area (Å²) >= 11 is 0. The van der Waals surface area contributed by atoms with Crippen molar-refractivity contribution in [1.82, 2.24) is 20.0 Å². The maximum absolute atomic E-state index is 5.58. The molecule has 0 radical (unpaired) electrons. The Hall–Kier alpha value is -1.72. The molecule has 0 amide bonds. The molecule has 2 aliphatic heterocycles. The van der Waals surface area contributed by atoms with Gasteiger partial charge in [-0.25, -0.2) is 0 Å². The maximum Gasteiger partial charge on any atom is 0.230 e. The summed E-state index contributed by atoms with van der Waals surface area (Å²) in [6.45, 7) is 7.49. The summed E-state index contributed by atoms with van der Waals surface area (Å²) < 4.78 is 5.58. The van der Waals surface area contributed by atoms with Crippen LogP contribution < -0.4 is 0 Å². The fourth-order valence-electron chi connectivity index (χ4n) is 5.24. The standard InChI is InChI=1S/C22H30N4O/c1-17-23-24-21(27-17)15-25-11-9-22(10-12-25)13-19(18-5-3-2-4-6-18)14-26(16-22)20-7-8-20/h2-6,19-20H,7-16H2,1H3/t19-/m0/s1. The van der Waals surface area contributed by atoms with Gasteiger partial charge in [0.25, 0.3) is 0 Å². The molecule has 3 heterocycles. The van der Waals surface area contributed by atoms with E-state index >= 15 is 0 Å². The molecular formula is C22H30N4O. The van der Waals surface area contributed by atoms with E-state index in [0.29, 0.717) is 17.2 Å². The molecule has 3 aliphatic rings. The van der Waals surface area contributed by atoms with Gasteiger partial charge in [-0.3, -0.25) is 9.80 Å². The van der Waals surface area contributed by atoms with Crippen LogP contribution in [0, 0.1) is 12.3 Å². The number of likely N-dealkylation sites (tertiary alicyclic amines) is 2. The minimum Gasteiger partial charge on any atom is -0.424 e. The summed E-state index contributed by atoms with van der Waals surface area (Å²) in [6.07, 6.45) is 6.72. The number of rotatable bonds is 4. The average Bonchev–Trinajstić information content (AvgIpc) is 3.47. The highest BCUT2D eigenvalue weighted by molar-refractivity contribution is 5.22. The topological polar surface area (TPSA) is 45.4 Å². The first-order valence-corrected chi connectivity index (χ1v) is 10.5. The Balaban J connectivity index is 1.28. The number of benzene rings is 1. The minimum absolute atomic E-state index is 0.475. The molecule has 2 saturated heterocycles. The molecule has 1 aromatic heterocycles. The normalized spacial score (nSPS) is 26.5. The fourth-order valence-corrected chi connectivity index (χ4v) is 5.24. The first-order valence-electron chi connectivity index (χ1n) is 10.5. The van der Waals surface area contributed by atoms with E-state index in [1.807, 2.05) is 6.92 Å². The van der Waals surface area contributed by atoms with Crippen LogP contribution in [-0.4, -0.2) is 52.2 Å². The number of hydrogen-bond donors (Lipinski definition) is 0. The lowest BCUT2D eigenvalue weighted by molar-refractivity contribution is 0.00643. The van der Waals surface area contributed by atoms with E-state index < -0.39 is 0 Å². The lowest BCUT2D eigenvalue weighted by atomic mass is 9.68. The quantitative estimate of drug-likeness (QED) is 0.827. The van der Waals surface area contributed by atoms with Crippen LogP contribution in [0.25, 0.3) is 0 Å². The van der Waals surface area contributed by atoms with Gasteiger partial charge < -0.3 is 4.42 Å². The van der Waals surface area contributed by atoms with E-state index in [0.717, 1.165) is 31.6 Å². The number of nitrogens with zero attached hydrogens (tertiary/aromatic N) is 4. The summed E-state index contributed by atoms with van der Waals surface area (Å²) in [5.41, 5.74) is 2.01. The number of hydrogen-bond acceptors (Lipinski definition) is 5. The zero-order chi connectivity index (χ0) is 18.3. The van der Waals surface area contributed by atoms with Gasteiger partial charge in [0.1, 0.15) is 0 Å². The maximum atomic E-state index is 5.58. The Labute approximate surface area is 161 Å². The second kappa shape index (κ2) is 7.02. The molecule has 1 saturated carbocycles. The largest absolute Gasteiger partial charge is 0.424 e. The Morgan fingerprint density at radius 1 is 1.11 bits per heavy atom. The molecule has 5 heteroatoms. The van der Waals surface area contributed by atoms with Gasteiger partial charge in [-0.15, -0.1) is 10.2 Å². The van der Waals surface area contributed by atoms with Crippen molar-refractivity contribution in [3.05, 3.63) is 47.7 Å². The highest BCUT2D eigenvalue weighted by Crippen LogP contribution is 2.47.